The molecule has 3 nitrogen and oxygen atoms in total. The van der Waals surface area contributed by atoms with Crippen LogP contribution in [0.15, 0.2) is 53.7 Å². The second-order valence-corrected chi connectivity index (χ2v) is 5.24. The van der Waals surface area contributed by atoms with Crippen molar-refractivity contribution in [1.29, 1.82) is 0 Å². The third-order valence-electron chi connectivity index (χ3n) is 3.50. The molecular formula is C17H16F2N2O. The van der Waals surface area contributed by atoms with Gasteiger partial charge in [-0.1, -0.05) is 29.4 Å². The minimum atomic E-state index is -0.267. The van der Waals surface area contributed by atoms with Crippen molar-refractivity contribution in [3.63, 3.8) is 0 Å². The van der Waals surface area contributed by atoms with E-state index in [1.807, 2.05) is 6.07 Å². The van der Waals surface area contributed by atoms with Gasteiger partial charge in [0.2, 0.25) is 0 Å². The number of rotatable bonds is 5. The lowest BCUT2D eigenvalue weighted by Gasteiger charge is -2.09. The lowest BCUT2D eigenvalue weighted by Crippen LogP contribution is -2.26. The lowest BCUT2D eigenvalue weighted by molar-refractivity contribution is 0.0848. The van der Waals surface area contributed by atoms with Crippen molar-refractivity contribution in [3.8, 4) is 0 Å². The lowest BCUT2D eigenvalue weighted by atomic mass is 10.1. The fourth-order valence-electron chi connectivity index (χ4n) is 2.38. The van der Waals surface area contributed by atoms with Gasteiger partial charge in [0.15, 0.2) is 0 Å². The van der Waals surface area contributed by atoms with Gasteiger partial charge in [-0.15, -0.1) is 0 Å². The quantitative estimate of drug-likeness (QED) is 0.920. The molecule has 0 radical (unpaired) electrons. The minimum absolute atomic E-state index is 0.0615. The molecule has 5 heteroatoms. The number of nitrogens with one attached hydrogen (secondary N) is 1. The van der Waals surface area contributed by atoms with E-state index in [0.29, 0.717) is 19.5 Å². The smallest absolute Gasteiger partial charge is 0.145 e. The molecule has 0 saturated heterocycles. The van der Waals surface area contributed by atoms with E-state index in [1.54, 1.807) is 18.2 Å². The van der Waals surface area contributed by atoms with Gasteiger partial charge in [-0.3, -0.25) is 0 Å². The van der Waals surface area contributed by atoms with E-state index in [1.165, 1.54) is 24.3 Å². The van der Waals surface area contributed by atoms with Crippen molar-refractivity contribution in [2.45, 2.75) is 19.1 Å². The van der Waals surface area contributed by atoms with E-state index in [-0.39, 0.29) is 17.7 Å². The Kier molecular flexibility index (Phi) is 4.44. The highest BCUT2D eigenvalue weighted by Crippen LogP contribution is 2.16. The molecule has 0 saturated carbocycles. The molecular weight excluding hydrogens is 286 g/mol. The second kappa shape index (κ2) is 6.66. The Hall–Kier alpha value is -2.27. The zero-order chi connectivity index (χ0) is 15.4. The van der Waals surface area contributed by atoms with E-state index < -0.39 is 0 Å². The van der Waals surface area contributed by atoms with Crippen LogP contribution in [0.3, 0.4) is 0 Å². The van der Waals surface area contributed by atoms with Crippen LogP contribution in [0, 0.1) is 11.6 Å². The maximum absolute atomic E-state index is 13.1. The van der Waals surface area contributed by atoms with Gasteiger partial charge in [0.1, 0.15) is 17.7 Å². The van der Waals surface area contributed by atoms with E-state index in [4.69, 9.17) is 4.84 Å². The molecule has 1 atom stereocenters. The number of halogens is 2. The summed E-state index contributed by atoms with van der Waals surface area (Å²) in [6.07, 6.45) is 0.607. The number of nitrogens with zero attached hydrogens (tertiary/aromatic N) is 1. The van der Waals surface area contributed by atoms with Gasteiger partial charge in [-0.05, 0) is 35.4 Å². The van der Waals surface area contributed by atoms with Gasteiger partial charge in [-0.25, -0.2) is 8.78 Å². The highest BCUT2D eigenvalue weighted by molar-refractivity contribution is 6.01. The first-order chi connectivity index (χ1) is 10.7. The van der Waals surface area contributed by atoms with Gasteiger partial charge < -0.3 is 10.2 Å². The first-order valence-corrected chi connectivity index (χ1v) is 7.14. The molecule has 1 aliphatic rings. The highest BCUT2D eigenvalue weighted by atomic mass is 19.1. The topological polar surface area (TPSA) is 33.6 Å². The van der Waals surface area contributed by atoms with Gasteiger partial charge in [0.05, 0.1) is 5.71 Å². The monoisotopic (exact) mass is 302 g/mol. The fraction of sp³-hybridized carbons (Fsp3) is 0.235. The van der Waals surface area contributed by atoms with E-state index in [0.717, 1.165) is 16.8 Å². The third kappa shape index (κ3) is 3.68. The summed E-state index contributed by atoms with van der Waals surface area (Å²) in [6.45, 7) is 1.19. The molecule has 0 spiro atoms. The predicted molar refractivity (Wildman–Crippen MR) is 80.5 cm³/mol. The first-order valence-electron chi connectivity index (χ1n) is 7.14. The molecule has 0 aliphatic carbocycles. The summed E-state index contributed by atoms with van der Waals surface area (Å²) >= 11 is 0. The molecule has 0 unspecified atom stereocenters. The van der Waals surface area contributed by atoms with Crippen molar-refractivity contribution >= 4 is 5.71 Å². The maximum atomic E-state index is 13.1. The summed E-state index contributed by atoms with van der Waals surface area (Å²) < 4.78 is 26.0. The van der Waals surface area contributed by atoms with E-state index >= 15 is 0 Å². The molecule has 2 aromatic carbocycles. The van der Waals surface area contributed by atoms with Crippen molar-refractivity contribution < 1.29 is 13.6 Å². The maximum Gasteiger partial charge on any atom is 0.145 e. The summed E-state index contributed by atoms with van der Waals surface area (Å²) in [5.41, 5.74) is 2.57. The predicted octanol–water partition coefficient (Wildman–Crippen LogP) is 3.25. The van der Waals surface area contributed by atoms with Crippen molar-refractivity contribution in [2.75, 3.05) is 6.54 Å². The van der Waals surface area contributed by atoms with E-state index in [2.05, 4.69) is 10.5 Å². The summed E-state index contributed by atoms with van der Waals surface area (Å²) in [6, 6.07) is 12.7. The number of benzene rings is 2. The minimum Gasteiger partial charge on any atom is -0.390 e. The van der Waals surface area contributed by atoms with Gasteiger partial charge in [-0.2, -0.15) is 0 Å². The second-order valence-electron chi connectivity index (χ2n) is 5.24. The normalized spacial score (nSPS) is 17.2. The SMILES string of the molecule is Fc1ccc(C2=NO[C@H](CNCc3cccc(F)c3)C2)cc1. The Morgan fingerprint density at radius 3 is 2.68 bits per heavy atom. The molecule has 3 rings (SSSR count). The molecule has 0 bridgehead atoms. The Balaban J connectivity index is 1.47. The van der Waals surface area contributed by atoms with Crippen molar-refractivity contribution in [3.05, 3.63) is 71.3 Å². The Bertz CT molecular complexity index is 671. The van der Waals surface area contributed by atoms with Crippen LogP contribution in [-0.4, -0.2) is 18.4 Å². The van der Waals surface area contributed by atoms with Crippen LogP contribution in [0.2, 0.25) is 0 Å². The average Bonchev–Trinajstić information content (AvgIpc) is 2.97. The summed E-state index contributed by atoms with van der Waals surface area (Å²) in [7, 11) is 0. The molecule has 22 heavy (non-hydrogen) atoms. The van der Waals surface area contributed by atoms with Gasteiger partial charge in [0, 0.05) is 19.5 Å². The summed E-state index contributed by atoms with van der Waals surface area (Å²) in [4.78, 5) is 5.37. The van der Waals surface area contributed by atoms with Crippen LogP contribution in [0.25, 0.3) is 0 Å². The highest BCUT2D eigenvalue weighted by Gasteiger charge is 2.21. The third-order valence-corrected chi connectivity index (χ3v) is 3.50. The standard InChI is InChI=1S/C17H16F2N2O/c18-14-6-4-13(5-7-14)17-9-16(22-21-17)11-20-10-12-2-1-3-15(19)8-12/h1-8,16,20H,9-11H2/t16-/m0/s1. The summed E-state index contributed by atoms with van der Waals surface area (Å²) in [5, 5.41) is 7.28. The van der Waals surface area contributed by atoms with Gasteiger partial charge in [0.25, 0.3) is 0 Å². The molecule has 1 heterocycles. The molecule has 1 aliphatic heterocycles. The van der Waals surface area contributed by atoms with Crippen LogP contribution in [0.5, 0.6) is 0 Å². The molecule has 114 valence electrons. The number of hydrogen-bond acceptors (Lipinski definition) is 3. The largest absolute Gasteiger partial charge is 0.390 e. The number of oxime groups is 1. The Morgan fingerprint density at radius 1 is 1.09 bits per heavy atom. The van der Waals surface area contributed by atoms with Crippen LogP contribution < -0.4 is 5.32 Å². The first kappa shape index (κ1) is 14.7. The average molecular weight is 302 g/mol. The zero-order valence-corrected chi connectivity index (χ0v) is 11.9. The summed E-state index contributed by atoms with van der Waals surface area (Å²) in [5.74, 6) is -0.505. The van der Waals surface area contributed by atoms with Crippen LogP contribution in [0.1, 0.15) is 17.5 Å². The molecule has 2 aromatic rings. The molecule has 0 amide bonds. The number of hydrogen-bond donors (Lipinski definition) is 1. The van der Waals surface area contributed by atoms with Crippen molar-refractivity contribution in [1.82, 2.24) is 5.32 Å². The van der Waals surface area contributed by atoms with Crippen molar-refractivity contribution in [2.24, 2.45) is 5.16 Å². The Morgan fingerprint density at radius 2 is 1.91 bits per heavy atom. The van der Waals surface area contributed by atoms with Crippen LogP contribution >= 0.6 is 0 Å². The zero-order valence-electron chi connectivity index (χ0n) is 11.9. The van der Waals surface area contributed by atoms with E-state index in [9.17, 15) is 8.78 Å². The van der Waals surface area contributed by atoms with Gasteiger partial charge >= 0.3 is 0 Å². The van der Waals surface area contributed by atoms with Crippen LogP contribution in [0.4, 0.5) is 8.78 Å². The molecule has 0 aromatic heterocycles. The Labute approximate surface area is 127 Å². The van der Waals surface area contributed by atoms with Crippen LogP contribution in [-0.2, 0) is 11.4 Å². The molecule has 0 fully saturated rings. The fourth-order valence-corrected chi connectivity index (χ4v) is 2.38. The molecule has 1 N–H and O–H groups in total.